The van der Waals surface area contributed by atoms with Gasteiger partial charge in [0.05, 0.1) is 150 Å². The van der Waals surface area contributed by atoms with E-state index in [0.717, 1.165) is 35.4 Å². The highest BCUT2D eigenvalue weighted by Crippen LogP contribution is 2.58. The van der Waals surface area contributed by atoms with Gasteiger partial charge in [0, 0.05) is 27.2 Å². The maximum atomic E-state index is 2.68. The van der Waals surface area contributed by atoms with Gasteiger partial charge in [-0.3, -0.25) is 0 Å². The Morgan fingerprint density at radius 2 is 0.568 bits per heavy atom. The van der Waals surface area contributed by atoms with Gasteiger partial charge in [0.15, 0.2) is 0 Å². The molecule has 476 valence electrons. The molecule has 7 heteroatoms. The minimum absolute atomic E-state index is 0.0275. The summed E-state index contributed by atoms with van der Waals surface area (Å²) in [6.45, 7) is 7.16. The number of rotatable bonds is 35. The number of quaternary nitrogens is 5. The van der Waals surface area contributed by atoms with Crippen LogP contribution in [-0.4, -0.2) is 167 Å². The second-order valence-electron chi connectivity index (χ2n) is 32.8. The molecular weight excluding hydrogens is 1090 g/mol. The Morgan fingerprint density at radius 1 is 0.284 bits per heavy atom. The van der Waals surface area contributed by atoms with Gasteiger partial charge in [0.25, 0.3) is 0 Å². The molecule has 0 saturated carbocycles. The Bertz CT molecular complexity index is 2990. The summed E-state index contributed by atoms with van der Waals surface area (Å²) >= 11 is 2.00. The van der Waals surface area contributed by atoms with E-state index in [9.17, 15) is 0 Å². The quantitative estimate of drug-likeness (QED) is 0.0288. The molecule has 9 rings (SSSR count). The van der Waals surface area contributed by atoms with Crippen LogP contribution >= 0.6 is 11.8 Å². The maximum absolute atomic E-state index is 2.68. The molecule has 88 heavy (non-hydrogen) atoms. The number of benzene rings is 6. The summed E-state index contributed by atoms with van der Waals surface area (Å²) in [6, 6.07) is 49.3. The lowest BCUT2D eigenvalue weighted by molar-refractivity contribution is -0.870. The Labute approximate surface area is 542 Å². The number of anilines is 2. The topological polar surface area (TPSA) is 3.24 Å². The van der Waals surface area contributed by atoms with Crippen LogP contribution in [0.25, 0.3) is 44.5 Å². The SMILES string of the molecule is C[N+](C)(C)CCCCCCC1(CCCCCC[N+](C)(C)C)c2ccccc2-c2ccc(-c3ccc4c(c3)Sc3cc(-c5ccc6c(c5)C(CCCCCC[N+](C)(C)C)(CCCCCC[N+](C)(C)C)c5ccccc5-6)ccc3N4CCCC[N+](C)(C)C)cc21. The molecule has 0 unspecified atom stereocenters. The molecular formula is C81H121N6S+5. The van der Waals surface area contributed by atoms with E-state index in [1.54, 1.807) is 22.3 Å². The third-order valence-corrected chi connectivity index (χ3v) is 21.2. The molecule has 0 saturated heterocycles. The number of hydrogen-bond donors (Lipinski definition) is 0. The number of nitrogens with zero attached hydrogens (tertiary/aromatic N) is 6. The van der Waals surface area contributed by atoms with Crippen molar-refractivity contribution >= 4 is 23.1 Å². The highest BCUT2D eigenvalue weighted by molar-refractivity contribution is 7.99. The van der Waals surface area contributed by atoms with Crippen LogP contribution in [0.1, 0.15) is 164 Å². The summed E-state index contributed by atoms with van der Waals surface area (Å²) in [4.78, 5) is 5.43. The van der Waals surface area contributed by atoms with Crippen LogP contribution in [-0.2, 0) is 10.8 Å². The van der Waals surface area contributed by atoms with Crippen molar-refractivity contribution in [3.8, 4) is 44.5 Å². The summed E-state index contributed by atoms with van der Waals surface area (Å²) in [7, 11) is 35.1. The zero-order valence-corrected chi connectivity index (χ0v) is 59.3. The van der Waals surface area contributed by atoms with E-state index >= 15 is 0 Å². The second-order valence-corrected chi connectivity index (χ2v) is 33.9. The first kappa shape index (κ1) is 67.7. The summed E-state index contributed by atoms with van der Waals surface area (Å²) in [5.74, 6) is 0. The molecule has 0 aromatic heterocycles. The van der Waals surface area contributed by atoms with Crippen LogP contribution in [0, 0.1) is 0 Å². The third kappa shape index (κ3) is 17.4. The molecule has 0 radical (unpaired) electrons. The molecule has 6 aromatic rings. The largest absolute Gasteiger partial charge is 0.340 e. The van der Waals surface area contributed by atoms with Gasteiger partial charge in [-0.05, 0) is 193 Å². The van der Waals surface area contributed by atoms with E-state index in [-0.39, 0.29) is 10.8 Å². The fourth-order valence-electron chi connectivity index (χ4n) is 15.4. The molecule has 0 fully saturated rings. The Kier molecular flexibility index (Phi) is 22.2. The number of hydrogen-bond acceptors (Lipinski definition) is 2. The summed E-state index contributed by atoms with van der Waals surface area (Å²) < 4.78 is 5.19. The first-order valence-electron chi connectivity index (χ1n) is 35.0. The Morgan fingerprint density at radius 3 is 0.909 bits per heavy atom. The maximum Gasteiger partial charge on any atom is 0.0781 e. The predicted octanol–water partition coefficient (Wildman–Crippen LogP) is 19.3. The van der Waals surface area contributed by atoms with Crippen molar-refractivity contribution in [1.29, 1.82) is 0 Å². The lowest BCUT2D eigenvalue weighted by atomic mass is 9.70. The van der Waals surface area contributed by atoms with Crippen molar-refractivity contribution in [1.82, 2.24) is 0 Å². The molecule has 0 N–H and O–H groups in total. The van der Waals surface area contributed by atoms with Gasteiger partial charge in [0.1, 0.15) is 0 Å². The molecule has 6 nitrogen and oxygen atoms in total. The number of unbranched alkanes of at least 4 members (excludes halogenated alkanes) is 13. The van der Waals surface area contributed by atoms with Gasteiger partial charge in [0.2, 0.25) is 0 Å². The van der Waals surface area contributed by atoms with Crippen molar-refractivity contribution in [3.05, 3.63) is 144 Å². The molecule has 3 aliphatic rings. The Hall–Kier alpha value is -4.73. The van der Waals surface area contributed by atoms with E-state index in [1.165, 1.54) is 233 Å². The van der Waals surface area contributed by atoms with Crippen LogP contribution in [0.15, 0.2) is 131 Å². The summed E-state index contributed by atoms with van der Waals surface area (Å²) in [6.07, 6.45) is 28.0. The van der Waals surface area contributed by atoms with E-state index in [2.05, 4.69) is 232 Å². The summed E-state index contributed by atoms with van der Waals surface area (Å²) in [5, 5.41) is 0. The van der Waals surface area contributed by atoms with E-state index in [0.29, 0.717) is 0 Å². The van der Waals surface area contributed by atoms with Crippen LogP contribution in [0.5, 0.6) is 0 Å². The fourth-order valence-corrected chi connectivity index (χ4v) is 16.6. The minimum Gasteiger partial charge on any atom is -0.340 e. The van der Waals surface area contributed by atoms with Crippen LogP contribution in [0.3, 0.4) is 0 Å². The molecule has 1 heterocycles. The van der Waals surface area contributed by atoms with Gasteiger partial charge < -0.3 is 27.3 Å². The predicted molar refractivity (Wildman–Crippen MR) is 383 cm³/mol. The number of fused-ring (bicyclic) bond motifs is 8. The molecule has 6 aromatic carbocycles. The fraction of sp³-hybridized carbons (Fsp3) is 0.556. The molecule has 0 spiro atoms. The van der Waals surface area contributed by atoms with Gasteiger partial charge >= 0.3 is 0 Å². The second kappa shape index (κ2) is 28.8. The van der Waals surface area contributed by atoms with Crippen LogP contribution in [0.4, 0.5) is 11.4 Å². The van der Waals surface area contributed by atoms with E-state index in [4.69, 9.17) is 0 Å². The van der Waals surface area contributed by atoms with Crippen molar-refractivity contribution in [2.24, 2.45) is 0 Å². The van der Waals surface area contributed by atoms with Crippen LogP contribution in [0.2, 0.25) is 0 Å². The van der Waals surface area contributed by atoms with Crippen molar-refractivity contribution in [2.75, 3.05) is 150 Å². The average molecular weight is 1210 g/mol. The molecule has 0 bridgehead atoms. The third-order valence-electron chi connectivity index (χ3n) is 20.1. The van der Waals surface area contributed by atoms with Gasteiger partial charge in [-0.15, -0.1) is 0 Å². The first-order valence-corrected chi connectivity index (χ1v) is 35.8. The molecule has 0 atom stereocenters. The zero-order valence-electron chi connectivity index (χ0n) is 58.4. The molecule has 0 amide bonds. The smallest absolute Gasteiger partial charge is 0.0781 e. The van der Waals surface area contributed by atoms with Crippen molar-refractivity contribution in [2.45, 2.75) is 162 Å². The van der Waals surface area contributed by atoms with Gasteiger partial charge in [-0.25, -0.2) is 0 Å². The lowest BCUT2D eigenvalue weighted by Gasteiger charge is -2.34. The lowest BCUT2D eigenvalue weighted by Crippen LogP contribution is -2.35. The molecule has 2 aliphatic carbocycles. The van der Waals surface area contributed by atoms with Crippen molar-refractivity contribution in [3.63, 3.8) is 0 Å². The summed E-state index contributed by atoms with van der Waals surface area (Å²) in [5.41, 5.74) is 20.3. The zero-order chi connectivity index (χ0) is 63.0. The highest BCUT2D eigenvalue weighted by atomic mass is 32.2. The monoisotopic (exact) mass is 1210 g/mol. The first-order chi connectivity index (χ1) is 41.7. The normalized spacial score (nSPS) is 15.0. The van der Waals surface area contributed by atoms with Crippen molar-refractivity contribution < 1.29 is 22.4 Å². The van der Waals surface area contributed by atoms with Gasteiger partial charge in [-0.2, -0.15) is 0 Å². The van der Waals surface area contributed by atoms with Gasteiger partial charge in [-0.1, -0.05) is 148 Å². The van der Waals surface area contributed by atoms with Crippen LogP contribution < -0.4 is 4.90 Å². The van der Waals surface area contributed by atoms with E-state index in [1.807, 2.05) is 11.8 Å². The average Bonchev–Trinajstić information content (AvgIpc) is 1.57. The standard InChI is InChI=1S/C81H121N6S/c1-83(2,3)55-33-20-16-28-50-80(51-29-17-21-34-56-84(4,5)6)72-40-26-24-38-68(72)70-46-42-64(60-74(70)80)66-44-48-76-78(62-66)88-79-63-67(45-49-77(79)82(76)54-32-37-59-87(13,14)15)65-43-47-71-69-39-25-27-41-73(69)81(75(71)61-65,52-30-18-22-35-57-85(7,8)9)53-31-19-23-36-58-86(10,11)12/h24-27,38-49,60-63H,16-23,28-37,50-59H2,1-15H3/q+5. The Balaban J connectivity index is 1.04. The minimum atomic E-state index is 0.0275. The highest BCUT2D eigenvalue weighted by Gasteiger charge is 2.44. The molecule has 1 aliphatic heterocycles. The van der Waals surface area contributed by atoms with E-state index < -0.39 is 0 Å².